The molecular formula is C12H21NO5. The fourth-order valence-electron chi connectivity index (χ4n) is 2.11. The van der Waals surface area contributed by atoms with Crippen LogP contribution in [-0.4, -0.2) is 60.4 Å². The van der Waals surface area contributed by atoms with Gasteiger partial charge in [-0.05, 0) is 13.3 Å². The van der Waals surface area contributed by atoms with Crippen molar-refractivity contribution in [2.75, 3.05) is 20.8 Å². The van der Waals surface area contributed by atoms with Gasteiger partial charge in [-0.1, -0.05) is 6.92 Å². The van der Waals surface area contributed by atoms with E-state index in [9.17, 15) is 9.59 Å². The second kappa shape index (κ2) is 5.67. The van der Waals surface area contributed by atoms with Crippen LogP contribution in [0.2, 0.25) is 0 Å². The Morgan fingerprint density at radius 1 is 1.44 bits per heavy atom. The molecule has 0 radical (unpaired) electrons. The number of rotatable bonds is 5. The van der Waals surface area contributed by atoms with Crippen LogP contribution in [0.3, 0.4) is 0 Å². The van der Waals surface area contributed by atoms with Gasteiger partial charge < -0.3 is 19.5 Å². The van der Waals surface area contributed by atoms with Crippen molar-refractivity contribution in [1.29, 1.82) is 0 Å². The van der Waals surface area contributed by atoms with Crippen molar-refractivity contribution in [3.8, 4) is 0 Å². The molecule has 1 rings (SSSR count). The van der Waals surface area contributed by atoms with Gasteiger partial charge in [0.1, 0.15) is 11.6 Å². The molecule has 1 aliphatic heterocycles. The molecule has 3 atom stereocenters. The molecule has 0 spiro atoms. The van der Waals surface area contributed by atoms with Crippen LogP contribution in [0.15, 0.2) is 0 Å². The molecular weight excluding hydrogens is 238 g/mol. The van der Waals surface area contributed by atoms with Gasteiger partial charge in [-0.3, -0.25) is 4.79 Å². The van der Waals surface area contributed by atoms with Gasteiger partial charge in [-0.15, -0.1) is 0 Å². The van der Waals surface area contributed by atoms with E-state index in [-0.39, 0.29) is 12.0 Å². The van der Waals surface area contributed by atoms with Crippen molar-refractivity contribution < 1.29 is 24.2 Å². The van der Waals surface area contributed by atoms with Gasteiger partial charge in [0.15, 0.2) is 0 Å². The van der Waals surface area contributed by atoms with Gasteiger partial charge in [0.05, 0.1) is 6.10 Å². The van der Waals surface area contributed by atoms with Crippen LogP contribution in [0, 0.1) is 0 Å². The number of hydrogen-bond donors (Lipinski definition) is 1. The number of carbonyl (C=O) groups is 2. The number of hydrogen-bond acceptors (Lipinski definition) is 4. The minimum atomic E-state index is -1.00. The van der Waals surface area contributed by atoms with E-state index >= 15 is 0 Å². The predicted molar refractivity (Wildman–Crippen MR) is 64.3 cm³/mol. The lowest BCUT2D eigenvalue weighted by Gasteiger charge is -2.32. The van der Waals surface area contributed by atoms with E-state index in [1.165, 1.54) is 19.1 Å². The zero-order valence-electron chi connectivity index (χ0n) is 11.3. The standard InChI is InChI=1S/C12H21NO5/c1-5-12(2,18-4)11(16)13-7-8(17-3)6-9(13)10(14)15/h8-9H,5-7H2,1-4H3,(H,14,15). The number of likely N-dealkylation sites (tertiary alicyclic amines) is 1. The average Bonchev–Trinajstić information content (AvgIpc) is 2.81. The lowest BCUT2D eigenvalue weighted by atomic mass is 10.0. The number of aliphatic carboxylic acids is 1. The number of carbonyl (C=O) groups excluding carboxylic acids is 1. The molecule has 3 unspecified atom stereocenters. The fourth-order valence-corrected chi connectivity index (χ4v) is 2.11. The number of carboxylic acid groups (broad SMARTS) is 1. The summed E-state index contributed by atoms with van der Waals surface area (Å²) >= 11 is 0. The van der Waals surface area contributed by atoms with E-state index in [0.29, 0.717) is 19.4 Å². The summed E-state index contributed by atoms with van der Waals surface area (Å²) in [6, 6.07) is -0.830. The summed E-state index contributed by atoms with van der Waals surface area (Å²) in [6.07, 6.45) is 0.581. The molecule has 0 aromatic rings. The van der Waals surface area contributed by atoms with Crippen molar-refractivity contribution >= 4 is 11.9 Å². The number of amides is 1. The second-order valence-electron chi connectivity index (χ2n) is 4.69. The van der Waals surface area contributed by atoms with Gasteiger partial charge in [0.2, 0.25) is 0 Å². The minimum Gasteiger partial charge on any atom is -0.480 e. The molecule has 0 bridgehead atoms. The molecule has 0 aliphatic carbocycles. The first-order valence-corrected chi connectivity index (χ1v) is 6.01. The number of carboxylic acids is 1. The summed E-state index contributed by atoms with van der Waals surface area (Å²) in [4.78, 5) is 24.9. The molecule has 1 aliphatic rings. The van der Waals surface area contributed by atoms with Crippen molar-refractivity contribution in [3.63, 3.8) is 0 Å². The van der Waals surface area contributed by atoms with E-state index < -0.39 is 17.6 Å². The summed E-state index contributed by atoms with van der Waals surface area (Å²) in [5.74, 6) is -1.29. The summed E-state index contributed by atoms with van der Waals surface area (Å²) in [5, 5.41) is 9.17. The molecule has 1 N–H and O–H groups in total. The van der Waals surface area contributed by atoms with Crippen LogP contribution in [-0.2, 0) is 19.1 Å². The maximum atomic E-state index is 12.4. The molecule has 6 nitrogen and oxygen atoms in total. The normalized spacial score (nSPS) is 27.0. The molecule has 1 heterocycles. The third-order valence-electron chi connectivity index (χ3n) is 3.72. The van der Waals surface area contributed by atoms with Crippen LogP contribution < -0.4 is 0 Å². The largest absolute Gasteiger partial charge is 0.480 e. The molecule has 0 aromatic heterocycles. The summed E-state index contributed by atoms with van der Waals surface area (Å²) in [6.45, 7) is 3.81. The highest BCUT2D eigenvalue weighted by atomic mass is 16.5. The molecule has 1 amide bonds. The first-order valence-electron chi connectivity index (χ1n) is 6.01. The second-order valence-corrected chi connectivity index (χ2v) is 4.69. The SMILES string of the molecule is CCC(C)(OC)C(=O)N1CC(OC)CC1C(=O)O. The Morgan fingerprint density at radius 3 is 2.44 bits per heavy atom. The first kappa shape index (κ1) is 14.9. The van der Waals surface area contributed by atoms with E-state index in [2.05, 4.69) is 0 Å². The number of ether oxygens (including phenoxy) is 2. The lowest BCUT2D eigenvalue weighted by Crippen LogP contribution is -2.51. The minimum absolute atomic E-state index is 0.229. The Labute approximate surface area is 107 Å². The Bertz CT molecular complexity index is 326. The Kier molecular flexibility index (Phi) is 4.70. The molecule has 18 heavy (non-hydrogen) atoms. The van der Waals surface area contributed by atoms with E-state index in [1.807, 2.05) is 6.92 Å². The predicted octanol–water partition coefficient (Wildman–Crippen LogP) is 0.502. The highest BCUT2D eigenvalue weighted by Crippen LogP contribution is 2.26. The van der Waals surface area contributed by atoms with Crippen LogP contribution in [0.4, 0.5) is 0 Å². The third-order valence-corrected chi connectivity index (χ3v) is 3.72. The summed E-state index contributed by atoms with van der Waals surface area (Å²) in [7, 11) is 2.98. The van der Waals surface area contributed by atoms with Gasteiger partial charge in [0.25, 0.3) is 5.91 Å². The van der Waals surface area contributed by atoms with Gasteiger partial charge in [0, 0.05) is 27.2 Å². The zero-order valence-corrected chi connectivity index (χ0v) is 11.3. The molecule has 0 saturated carbocycles. The zero-order chi connectivity index (χ0) is 13.9. The van der Waals surface area contributed by atoms with Crippen molar-refractivity contribution in [3.05, 3.63) is 0 Å². The highest BCUT2D eigenvalue weighted by molar-refractivity contribution is 5.89. The monoisotopic (exact) mass is 259 g/mol. The summed E-state index contributed by atoms with van der Waals surface area (Å²) < 4.78 is 10.4. The van der Waals surface area contributed by atoms with Gasteiger partial charge in [-0.2, -0.15) is 0 Å². The van der Waals surface area contributed by atoms with Crippen LogP contribution in [0.1, 0.15) is 26.7 Å². The summed E-state index contributed by atoms with van der Waals surface area (Å²) in [5.41, 5.74) is -0.976. The highest BCUT2D eigenvalue weighted by Gasteiger charge is 2.45. The Morgan fingerprint density at radius 2 is 2.06 bits per heavy atom. The van der Waals surface area contributed by atoms with Gasteiger partial charge in [-0.25, -0.2) is 4.79 Å². The van der Waals surface area contributed by atoms with Crippen LogP contribution in [0.5, 0.6) is 0 Å². The third kappa shape index (κ3) is 2.64. The van der Waals surface area contributed by atoms with E-state index in [4.69, 9.17) is 14.6 Å². The van der Waals surface area contributed by atoms with E-state index in [1.54, 1.807) is 6.92 Å². The number of nitrogens with zero attached hydrogens (tertiary/aromatic N) is 1. The maximum Gasteiger partial charge on any atom is 0.326 e. The van der Waals surface area contributed by atoms with Crippen molar-refractivity contribution in [2.45, 2.75) is 44.4 Å². The molecule has 0 aromatic carbocycles. The maximum absolute atomic E-state index is 12.4. The van der Waals surface area contributed by atoms with Crippen LogP contribution in [0.25, 0.3) is 0 Å². The Hall–Kier alpha value is -1.14. The molecule has 104 valence electrons. The Balaban J connectivity index is 2.92. The topological polar surface area (TPSA) is 76.1 Å². The smallest absolute Gasteiger partial charge is 0.326 e. The average molecular weight is 259 g/mol. The quantitative estimate of drug-likeness (QED) is 0.778. The molecule has 1 fully saturated rings. The van der Waals surface area contributed by atoms with Crippen LogP contribution >= 0.6 is 0 Å². The van der Waals surface area contributed by atoms with Crippen molar-refractivity contribution in [1.82, 2.24) is 4.90 Å². The number of methoxy groups -OCH3 is 2. The molecule has 6 heteroatoms. The van der Waals surface area contributed by atoms with Gasteiger partial charge >= 0.3 is 5.97 Å². The first-order chi connectivity index (χ1) is 8.39. The molecule has 1 saturated heterocycles. The van der Waals surface area contributed by atoms with E-state index in [0.717, 1.165) is 0 Å². The van der Waals surface area contributed by atoms with Crippen molar-refractivity contribution in [2.24, 2.45) is 0 Å². The lowest BCUT2D eigenvalue weighted by molar-refractivity contribution is -0.160. The fraction of sp³-hybridized carbons (Fsp3) is 0.833.